The highest BCUT2D eigenvalue weighted by molar-refractivity contribution is 4.83. The molecule has 1 aliphatic carbocycles. The van der Waals surface area contributed by atoms with E-state index in [1.807, 2.05) is 0 Å². The van der Waals surface area contributed by atoms with Crippen LogP contribution in [-0.4, -0.2) is 48.3 Å². The van der Waals surface area contributed by atoms with Gasteiger partial charge in [-0.3, -0.25) is 0 Å². The number of nitrogens with one attached hydrogen (secondary N) is 1. The van der Waals surface area contributed by atoms with Gasteiger partial charge in [-0.25, -0.2) is 0 Å². The van der Waals surface area contributed by atoms with Crippen LogP contribution in [0, 0.1) is 0 Å². The highest BCUT2D eigenvalue weighted by Gasteiger charge is 2.27. The highest BCUT2D eigenvalue weighted by Crippen LogP contribution is 2.26. The highest BCUT2D eigenvalue weighted by atomic mass is 16.3. The van der Waals surface area contributed by atoms with Gasteiger partial charge in [0.2, 0.25) is 0 Å². The van der Waals surface area contributed by atoms with Crippen LogP contribution >= 0.6 is 0 Å². The van der Waals surface area contributed by atoms with Crippen LogP contribution in [0.2, 0.25) is 0 Å². The Morgan fingerprint density at radius 2 is 1.78 bits per heavy atom. The molecule has 0 unspecified atom stereocenters. The first-order valence-electron chi connectivity index (χ1n) is 7.67. The van der Waals surface area contributed by atoms with Crippen molar-refractivity contribution < 1.29 is 5.11 Å². The van der Waals surface area contributed by atoms with Crippen molar-refractivity contribution >= 4 is 0 Å². The lowest BCUT2D eigenvalue weighted by molar-refractivity contribution is 0.0253. The van der Waals surface area contributed by atoms with Crippen LogP contribution < -0.4 is 5.32 Å². The second-order valence-corrected chi connectivity index (χ2v) is 6.24. The van der Waals surface area contributed by atoms with Crippen LogP contribution in [0.1, 0.15) is 58.8 Å². The summed E-state index contributed by atoms with van der Waals surface area (Å²) < 4.78 is 0. The maximum Gasteiger partial charge on any atom is 0.0771 e. The second kappa shape index (κ2) is 8.13. The van der Waals surface area contributed by atoms with E-state index in [-0.39, 0.29) is 0 Å². The summed E-state index contributed by atoms with van der Waals surface area (Å²) in [6, 6.07) is 0.621. The fourth-order valence-electron chi connectivity index (χ4n) is 2.60. The van der Waals surface area contributed by atoms with Crippen LogP contribution in [0.15, 0.2) is 0 Å². The summed E-state index contributed by atoms with van der Waals surface area (Å²) in [7, 11) is 2.17. The van der Waals surface area contributed by atoms with Gasteiger partial charge < -0.3 is 15.3 Å². The van der Waals surface area contributed by atoms with Crippen molar-refractivity contribution in [2.45, 2.75) is 70.4 Å². The maximum atomic E-state index is 10.5. The zero-order chi connectivity index (χ0) is 13.4. The molecule has 0 aromatic heterocycles. The lowest BCUT2D eigenvalue weighted by atomic mass is 9.94. The summed E-state index contributed by atoms with van der Waals surface area (Å²) in [5.74, 6) is 0. The number of rotatable bonds is 7. The molecule has 18 heavy (non-hydrogen) atoms. The van der Waals surface area contributed by atoms with Gasteiger partial charge in [-0.2, -0.15) is 0 Å². The number of nitrogens with zero attached hydrogens (tertiary/aromatic N) is 1. The van der Waals surface area contributed by atoms with E-state index in [4.69, 9.17) is 0 Å². The zero-order valence-electron chi connectivity index (χ0n) is 12.5. The molecule has 0 atom stereocenters. The molecule has 3 nitrogen and oxygen atoms in total. The second-order valence-electron chi connectivity index (χ2n) is 6.24. The van der Waals surface area contributed by atoms with Crippen molar-refractivity contribution in [3.63, 3.8) is 0 Å². The van der Waals surface area contributed by atoms with Gasteiger partial charge in [0.25, 0.3) is 0 Å². The van der Waals surface area contributed by atoms with Gasteiger partial charge in [-0.1, -0.05) is 25.7 Å². The van der Waals surface area contributed by atoms with Crippen LogP contribution in [-0.2, 0) is 0 Å². The Hall–Kier alpha value is -0.120. The summed E-state index contributed by atoms with van der Waals surface area (Å²) in [5.41, 5.74) is -0.430. The third-order valence-corrected chi connectivity index (χ3v) is 4.23. The standard InChI is InChI=1S/C15H32N2O/c1-14(2)17(3)12-8-11-16-13-15(18)9-6-4-5-7-10-15/h14,16,18H,4-13H2,1-3H3. The Kier molecular flexibility index (Phi) is 7.20. The molecule has 0 heterocycles. The maximum absolute atomic E-state index is 10.5. The number of hydrogen-bond acceptors (Lipinski definition) is 3. The monoisotopic (exact) mass is 256 g/mol. The first-order chi connectivity index (χ1) is 8.53. The topological polar surface area (TPSA) is 35.5 Å². The molecule has 1 saturated carbocycles. The molecule has 0 bridgehead atoms. The Morgan fingerprint density at radius 3 is 2.33 bits per heavy atom. The van der Waals surface area contributed by atoms with Crippen LogP contribution in [0.3, 0.4) is 0 Å². The average molecular weight is 256 g/mol. The molecule has 1 fully saturated rings. The van der Waals surface area contributed by atoms with Crippen molar-refractivity contribution in [3.05, 3.63) is 0 Å². The Labute approximate surface area is 113 Å². The van der Waals surface area contributed by atoms with Gasteiger partial charge in [-0.15, -0.1) is 0 Å². The number of aliphatic hydroxyl groups is 1. The fourth-order valence-corrected chi connectivity index (χ4v) is 2.60. The summed E-state index contributed by atoms with van der Waals surface area (Å²) in [6.45, 7) is 7.37. The van der Waals surface area contributed by atoms with E-state index in [2.05, 4.69) is 31.1 Å². The van der Waals surface area contributed by atoms with Gasteiger partial charge in [0.15, 0.2) is 0 Å². The van der Waals surface area contributed by atoms with Crippen LogP contribution in [0.4, 0.5) is 0 Å². The van der Waals surface area contributed by atoms with Gasteiger partial charge in [0.05, 0.1) is 5.60 Å². The summed E-state index contributed by atoms with van der Waals surface area (Å²) >= 11 is 0. The van der Waals surface area contributed by atoms with Crippen LogP contribution in [0.5, 0.6) is 0 Å². The van der Waals surface area contributed by atoms with E-state index in [1.54, 1.807) is 0 Å². The Balaban J connectivity index is 2.09. The Morgan fingerprint density at radius 1 is 1.17 bits per heavy atom. The molecular weight excluding hydrogens is 224 g/mol. The van der Waals surface area contributed by atoms with Gasteiger partial charge in [0.1, 0.15) is 0 Å². The first-order valence-corrected chi connectivity index (χ1v) is 7.67. The zero-order valence-corrected chi connectivity index (χ0v) is 12.5. The molecule has 1 rings (SSSR count). The summed E-state index contributed by atoms with van der Waals surface area (Å²) in [5, 5.41) is 13.9. The fraction of sp³-hybridized carbons (Fsp3) is 1.00. The molecule has 0 amide bonds. The molecule has 0 aromatic carbocycles. The van der Waals surface area contributed by atoms with Crippen molar-refractivity contribution in [2.24, 2.45) is 0 Å². The molecule has 108 valence electrons. The van der Waals surface area contributed by atoms with Crippen molar-refractivity contribution in [2.75, 3.05) is 26.7 Å². The predicted octanol–water partition coefficient (Wildman–Crippen LogP) is 2.39. The molecule has 2 N–H and O–H groups in total. The van der Waals surface area contributed by atoms with E-state index in [0.29, 0.717) is 6.04 Å². The van der Waals surface area contributed by atoms with Crippen molar-refractivity contribution in [3.8, 4) is 0 Å². The van der Waals surface area contributed by atoms with E-state index < -0.39 is 5.60 Å². The van der Waals surface area contributed by atoms with Gasteiger partial charge >= 0.3 is 0 Å². The third-order valence-electron chi connectivity index (χ3n) is 4.23. The minimum absolute atomic E-state index is 0.430. The predicted molar refractivity (Wildman–Crippen MR) is 77.9 cm³/mol. The van der Waals surface area contributed by atoms with Crippen molar-refractivity contribution in [1.82, 2.24) is 10.2 Å². The normalized spacial score (nSPS) is 20.3. The molecule has 0 aliphatic heterocycles. The smallest absolute Gasteiger partial charge is 0.0771 e. The average Bonchev–Trinajstić information content (AvgIpc) is 2.53. The molecular formula is C15H32N2O. The third kappa shape index (κ3) is 6.17. The molecule has 3 heteroatoms. The Bertz CT molecular complexity index is 211. The molecule has 0 aromatic rings. The van der Waals surface area contributed by atoms with Crippen molar-refractivity contribution in [1.29, 1.82) is 0 Å². The van der Waals surface area contributed by atoms with E-state index in [1.165, 1.54) is 25.7 Å². The summed E-state index contributed by atoms with van der Waals surface area (Å²) in [6.07, 6.45) is 8.08. The minimum atomic E-state index is -0.430. The lowest BCUT2D eigenvalue weighted by Crippen LogP contribution is -2.41. The van der Waals surface area contributed by atoms with E-state index in [9.17, 15) is 5.11 Å². The van der Waals surface area contributed by atoms with Crippen LogP contribution in [0.25, 0.3) is 0 Å². The van der Waals surface area contributed by atoms with Gasteiger partial charge in [-0.05, 0) is 53.2 Å². The molecule has 0 spiro atoms. The minimum Gasteiger partial charge on any atom is -0.389 e. The summed E-state index contributed by atoms with van der Waals surface area (Å²) in [4.78, 5) is 2.36. The first kappa shape index (κ1) is 15.9. The molecule has 0 saturated heterocycles. The SMILES string of the molecule is CC(C)N(C)CCCNCC1(O)CCCCCC1. The van der Waals surface area contributed by atoms with E-state index in [0.717, 1.165) is 38.9 Å². The number of hydrogen-bond donors (Lipinski definition) is 2. The van der Waals surface area contributed by atoms with Gasteiger partial charge in [0, 0.05) is 12.6 Å². The molecule has 1 aliphatic rings. The molecule has 0 radical (unpaired) electrons. The quantitative estimate of drug-likeness (QED) is 0.542. The van der Waals surface area contributed by atoms with E-state index >= 15 is 0 Å². The lowest BCUT2D eigenvalue weighted by Gasteiger charge is -2.27. The largest absolute Gasteiger partial charge is 0.389 e.